The Morgan fingerprint density at radius 1 is 0.913 bits per heavy atom. The standard InChI is InChI=1S/C33H24ClN5O5S2/c34-24-11-4-7-21(15-24)16-28(36-31(41)22-8-2-1-3-9-22)32(42)35-25-12-6-14-27(18-25)45-20-30(40)38-33-37-29(19-46-33)23-10-5-13-26(17-23)39(43)44/h1-19H,20H2,(H,35,42)(H,36,41)(H,37,38,40)/b28-16-. The van der Waals surface area contributed by atoms with E-state index in [0.717, 1.165) is 4.90 Å². The van der Waals surface area contributed by atoms with E-state index in [-0.39, 0.29) is 23.0 Å². The van der Waals surface area contributed by atoms with Gasteiger partial charge in [0, 0.05) is 44.2 Å². The van der Waals surface area contributed by atoms with Crippen LogP contribution in [0.3, 0.4) is 0 Å². The van der Waals surface area contributed by atoms with Gasteiger partial charge in [-0.2, -0.15) is 0 Å². The number of nitro groups is 1. The number of carbonyl (C=O) groups is 3. The number of non-ortho nitro benzene ring substituents is 1. The Morgan fingerprint density at radius 3 is 2.48 bits per heavy atom. The molecule has 0 radical (unpaired) electrons. The summed E-state index contributed by atoms with van der Waals surface area (Å²) in [7, 11) is 0. The highest BCUT2D eigenvalue weighted by Crippen LogP contribution is 2.28. The maximum absolute atomic E-state index is 13.4. The average molecular weight is 670 g/mol. The van der Waals surface area contributed by atoms with Gasteiger partial charge in [0.15, 0.2) is 5.13 Å². The van der Waals surface area contributed by atoms with Crippen molar-refractivity contribution in [3.63, 3.8) is 0 Å². The van der Waals surface area contributed by atoms with Gasteiger partial charge in [-0.1, -0.05) is 60.1 Å². The van der Waals surface area contributed by atoms with Gasteiger partial charge in [0.05, 0.1) is 16.4 Å². The summed E-state index contributed by atoms with van der Waals surface area (Å²) >= 11 is 8.59. The molecule has 46 heavy (non-hydrogen) atoms. The number of aromatic nitrogens is 1. The van der Waals surface area contributed by atoms with Crippen molar-refractivity contribution in [2.24, 2.45) is 0 Å². The zero-order chi connectivity index (χ0) is 32.5. The third-order valence-electron chi connectivity index (χ3n) is 6.25. The lowest BCUT2D eigenvalue weighted by molar-refractivity contribution is -0.384. The van der Waals surface area contributed by atoms with E-state index in [1.165, 1.54) is 41.3 Å². The number of rotatable bonds is 11. The van der Waals surface area contributed by atoms with Crippen molar-refractivity contribution in [1.82, 2.24) is 10.3 Å². The molecule has 0 aliphatic heterocycles. The van der Waals surface area contributed by atoms with Crippen molar-refractivity contribution in [2.45, 2.75) is 4.90 Å². The topological polar surface area (TPSA) is 143 Å². The molecule has 0 bridgehead atoms. The van der Waals surface area contributed by atoms with Crippen LogP contribution < -0.4 is 16.0 Å². The zero-order valence-corrected chi connectivity index (χ0v) is 26.2. The monoisotopic (exact) mass is 669 g/mol. The van der Waals surface area contributed by atoms with Crippen LogP contribution in [0.2, 0.25) is 5.02 Å². The van der Waals surface area contributed by atoms with Gasteiger partial charge in [0.25, 0.3) is 17.5 Å². The van der Waals surface area contributed by atoms with E-state index in [2.05, 4.69) is 20.9 Å². The fourth-order valence-corrected chi connectivity index (χ4v) is 5.80. The van der Waals surface area contributed by atoms with Crippen LogP contribution in [-0.2, 0) is 9.59 Å². The third-order valence-corrected chi connectivity index (χ3v) is 8.24. The van der Waals surface area contributed by atoms with Crippen LogP contribution in [0.15, 0.2) is 119 Å². The fraction of sp³-hybridized carbons (Fsp3) is 0.0303. The van der Waals surface area contributed by atoms with E-state index < -0.39 is 16.7 Å². The predicted molar refractivity (Wildman–Crippen MR) is 182 cm³/mol. The summed E-state index contributed by atoms with van der Waals surface area (Å²) in [5.41, 5.74) is 2.54. The van der Waals surface area contributed by atoms with Crippen LogP contribution in [0, 0.1) is 10.1 Å². The summed E-state index contributed by atoms with van der Waals surface area (Å²) in [5, 5.41) is 21.9. The number of amides is 3. The van der Waals surface area contributed by atoms with Crippen LogP contribution in [0.5, 0.6) is 0 Å². The molecule has 0 fully saturated rings. The average Bonchev–Trinajstić information content (AvgIpc) is 3.52. The summed E-state index contributed by atoms with van der Waals surface area (Å²) in [4.78, 5) is 54.6. The highest BCUT2D eigenvalue weighted by atomic mass is 35.5. The number of anilines is 2. The largest absolute Gasteiger partial charge is 0.321 e. The Kier molecular flexibility index (Phi) is 10.6. The number of hydrogen-bond donors (Lipinski definition) is 3. The van der Waals surface area contributed by atoms with E-state index in [1.54, 1.807) is 96.4 Å². The minimum atomic E-state index is -0.549. The molecule has 5 aromatic rings. The second-order valence-electron chi connectivity index (χ2n) is 9.60. The molecular formula is C33H24ClN5O5S2. The van der Waals surface area contributed by atoms with Crippen molar-refractivity contribution < 1.29 is 19.3 Å². The molecule has 230 valence electrons. The third kappa shape index (κ3) is 8.88. The van der Waals surface area contributed by atoms with E-state index >= 15 is 0 Å². The lowest BCUT2D eigenvalue weighted by Gasteiger charge is -2.12. The van der Waals surface area contributed by atoms with Gasteiger partial charge in [-0.3, -0.25) is 24.5 Å². The van der Waals surface area contributed by atoms with Gasteiger partial charge in [0.2, 0.25) is 5.91 Å². The molecule has 4 aromatic carbocycles. The first-order valence-corrected chi connectivity index (χ1v) is 15.9. The van der Waals surface area contributed by atoms with Crippen molar-refractivity contribution in [3.8, 4) is 11.3 Å². The molecule has 3 N–H and O–H groups in total. The Hall–Kier alpha value is -5.30. The van der Waals surface area contributed by atoms with Crippen molar-refractivity contribution in [2.75, 3.05) is 16.4 Å². The van der Waals surface area contributed by atoms with E-state index in [1.807, 2.05) is 0 Å². The van der Waals surface area contributed by atoms with Gasteiger partial charge in [0.1, 0.15) is 5.70 Å². The lowest BCUT2D eigenvalue weighted by atomic mass is 10.1. The van der Waals surface area contributed by atoms with E-state index in [4.69, 9.17) is 11.6 Å². The molecule has 0 saturated heterocycles. The highest BCUT2D eigenvalue weighted by molar-refractivity contribution is 8.00. The quantitative estimate of drug-likeness (QED) is 0.0571. The van der Waals surface area contributed by atoms with Crippen LogP contribution in [-0.4, -0.2) is 33.4 Å². The summed E-state index contributed by atoms with van der Waals surface area (Å²) < 4.78 is 0. The van der Waals surface area contributed by atoms with Crippen molar-refractivity contribution >= 4 is 75.0 Å². The predicted octanol–water partition coefficient (Wildman–Crippen LogP) is 7.51. The van der Waals surface area contributed by atoms with Crippen LogP contribution in [0.25, 0.3) is 17.3 Å². The van der Waals surface area contributed by atoms with Gasteiger partial charge < -0.3 is 16.0 Å². The number of nitrogens with zero attached hydrogens (tertiary/aromatic N) is 2. The molecule has 0 spiro atoms. The summed E-state index contributed by atoms with van der Waals surface area (Å²) in [6, 6.07) is 28.5. The number of nitro benzene ring substituents is 1. The van der Waals surface area contributed by atoms with Crippen molar-refractivity contribution in [3.05, 3.63) is 140 Å². The lowest BCUT2D eigenvalue weighted by Crippen LogP contribution is -2.30. The number of carbonyl (C=O) groups excluding carboxylic acids is 3. The number of nitrogens with one attached hydrogen (secondary N) is 3. The van der Waals surface area contributed by atoms with E-state index in [0.29, 0.717) is 38.2 Å². The number of halogens is 1. The molecular weight excluding hydrogens is 646 g/mol. The Morgan fingerprint density at radius 2 is 1.70 bits per heavy atom. The summed E-state index contributed by atoms with van der Waals surface area (Å²) in [6.45, 7) is 0. The normalized spacial score (nSPS) is 11.0. The fourth-order valence-electron chi connectivity index (χ4n) is 4.11. The van der Waals surface area contributed by atoms with Crippen molar-refractivity contribution in [1.29, 1.82) is 0 Å². The minimum absolute atomic E-state index is 0.0153. The van der Waals surface area contributed by atoms with Crippen LogP contribution >= 0.6 is 34.7 Å². The molecule has 0 unspecified atom stereocenters. The Bertz CT molecular complexity index is 1950. The first-order valence-electron chi connectivity index (χ1n) is 13.6. The van der Waals surface area contributed by atoms with E-state index in [9.17, 15) is 24.5 Å². The maximum atomic E-state index is 13.4. The van der Waals surface area contributed by atoms with Gasteiger partial charge >= 0.3 is 0 Å². The summed E-state index contributed by atoms with van der Waals surface area (Å²) in [6.07, 6.45) is 1.54. The van der Waals surface area contributed by atoms with Gasteiger partial charge in [-0.15, -0.1) is 23.1 Å². The second-order valence-corrected chi connectivity index (χ2v) is 11.9. The molecule has 3 amide bonds. The molecule has 0 aliphatic carbocycles. The zero-order valence-electron chi connectivity index (χ0n) is 23.8. The van der Waals surface area contributed by atoms with Crippen LogP contribution in [0.1, 0.15) is 15.9 Å². The molecule has 5 rings (SSSR count). The molecule has 10 nitrogen and oxygen atoms in total. The first-order chi connectivity index (χ1) is 22.2. The Labute approximate surface area is 276 Å². The summed E-state index contributed by atoms with van der Waals surface area (Å²) in [5.74, 6) is -1.23. The number of hydrogen-bond acceptors (Lipinski definition) is 8. The molecule has 0 atom stereocenters. The van der Waals surface area contributed by atoms with Crippen LogP contribution in [0.4, 0.5) is 16.5 Å². The highest BCUT2D eigenvalue weighted by Gasteiger charge is 2.16. The molecule has 0 aliphatic rings. The minimum Gasteiger partial charge on any atom is -0.321 e. The van der Waals surface area contributed by atoms with Gasteiger partial charge in [-0.05, 0) is 54.1 Å². The SMILES string of the molecule is O=C(CSc1cccc(NC(=O)/C(=C/c2cccc(Cl)c2)NC(=O)c2ccccc2)c1)Nc1nc(-c2cccc([N+](=O)[O-])c2)cs1. The number of benzene rings is 4. The van der Waals surface area contributed by atoms with Gasteiger partial charge in [-0.25, -0.2) is 4.98 Å². The molecule has 0 saturated carbocycles. The molecule has 13 heteroatoms. The number of thioether (sulfide) groups is 1. The second kappa shape index (κ2) is 15.1. The smallest absolute Gasteiger partial charge is 0.272 e. The maximum Gasteiger partial charge on any atom is 0.272 e. The number of thiazole rings is 1. The molecule has 1 aromatic heterocycles. The Balaban J connectivity index is 1.22. The molecule has 1 heterocycles. The first kappa shape index (κ1) is 32.1.